The number of rotatable bonds is 5. The first kappa shape index (κ1) is 11.9. The van der Waals surface area contributed by atoms with Crippen molar-refractivity contribution in [2.24, 2.45) is 5.92 Å². The number of para-hydroxylation sites is 1. The fraction of sp³-hybridized carbons (Fsp3) is 0.364. The predicted molar refractivity (Wildman–Crippen MR) is 67.5 cm³/mol. The molecule has 2 rings (SSSR count). The minimum Gasteiger partial charge on any atom is -0.352 e. The molecule has 0 amide bonds. The highest BCUT2D eigenvalue weighted by Gasteiger charge is 2.08. The van der Waals surface area contributed by atoms with Crippen LogP contribution in [0.3, 0.4) is 0 Å². The van der Waals surface area contributed by atoms with Crippen molar-refractivity contribution in [2.75, 3.05) is 17.7 Å². The Labute approximate surface area is 105 Å². The number of aromatic nitrogens is 4. The third-order valence-corrected chi connectivity index (χ3v) is 2.87. The fourth-order valence-corrected chi connectivity index (χ4v) is 1.47. The minimum absolute atomic E-state index is 0.373. The molecule has 1 unspecified atom stereocenters. The van der Waals surface area contributed by atoms with E-state index in [1.807, 2.05) is 30.3 Å². The number of nitrogens with zero attached hydrogens (tertiary/aromatic N) is 4. The van der Waals surface area contributed by atoms with Crippen molar-refractivity contribution in [3.8, 4) is 5.69 Å². The predicted octanol–water partition coefficient (Wildman–Crippen LogP) is 1.95. The van der Waals surface area contributed by atoms with Gasteiger partial charge < -0.3 is 5.32 Å². The van der Waals surface area contributed by atoms with E-state index in [9.17, 15) is 0 Å². The fourth-order valence-electron chi connectivity index (χ4n) is 1.36. The molecule has 0 spiro atoms. The van der Waals surface area contributed by atoms with Crippen molar-refractivity contribution in [3.63, 3.8) is 0 Å². The molecule has 1 N–H and O–H groups in total. The van der Waals surface area contributed by atoms with E-state index in [2.05, 4.69) is 27.8 Å². The number of tetrazole rings is 1. The van der Waals surface area contributed by atoms with Crippen LogP contribution in [0.4, 0.5) is 5.95 Å². The second-order valence-electron chi connectivity index (χ2n) is 3.89. The summed E-state index contributed by atoms with van der Waals surface area (Å²) in [6.45, 7) is 2.81. The molecule has 1 heterocycles. The van der Waals surface area contributed by atoms with Crippen LogP contribution < -0.4 is 5.32 Å². The molecule has 0 aliphatic rings. The summed E-state index contributed by atoms with van der Waals surface area (Å²) < 4.78 is 1.67. The van der Waals surface area contributed by atoms with Crippen molar-refractivity contribution in [1.29, 1.82) is 0 Å². The molecular formula is C11H14ClN5. The average molecular weight is 252 g/mol. The summed E-state index contributed by atoms with van der Waals surface area (Å²) >= 11 is 5.75. The molecule has 0 aliphatic carbocycles. The van der Waals surface area contributed by atoms with Crippen LogP contribution in [-0.4, -0.2) is 32.6 Å². The van der Waals surface area contributed by atoms with E-state index < -0.39 is 0 Å². The van der Waals surface area contributed by atoms with Gasteiger partial charge in [0.1, 0.15) is 0 Å². The van der Waals surface area contributed by atoms with Gasteiger partial charge in [0.05, 0.1) is 5.69 Å². The van der Waals surface area contributed by atoms with Gasteiger partial charge in [-0.3, -0.25) is 0 Å². The van der Waals surface area contributed by atoms with E-state index in [0.29, 0.717) is 17.7 Å². The van der Waals surface area contributed by atoms with Gasteiger partial charge >= 0.3 is 0 Å². The van der Waals surface area contributed by atoms with Gasteiger partial charge in [-0.25, -0.2) is 0 Å². The standard InChI is InChI=1S/C11H14ClN5/c1-9(7-12)8-13-11-14-15-16-17(11)10-5-3-2-4-6-10/h2-6,9H,7-8H2,1H3,(H,13,14,16). The SMILES string of the molecule is CC(CCl)CNc1nnnn1-c1ccccc1. The molecule has 0 bridgehead atoms. The number of nitrogens with one attached hydrogen (secondary N) is 1. The first-order valence-electron chi connectivity index (χ1n) is 5.45. The van der Waals surface area contributed by atoms with Gasteiger partial charge in [0.15, 0.2) is 0 Å². The van der Waals surface area contributed by atoms with Crippen molar-refractivity contribution < 1.29 is 0 Å². The topological polar surface area (TPSA) is 55.6 Å². The highest BCUT2D eigenvalue weighted by Crippen LogP contribution is 2.11. The van der Waals surface area contributed by atoms with Crippen molar-refractivity contribution in [2.45, 2.75) is 6.92 Å². The Balaban J connectivity index is 2.12. The zero-order valence-electron chi connectivity index (χ0n) is 9.55. The lowest BCUT2D eigenvalue weighted by Crippen LogP contribution is -2.15. The largest absolute Gasteiger partial charge is 0.352 e. The Kier molecular flexibility index (Phi) is 3.93. The Morgan fingerprint density at radius 2 is 2.12 bits per heavy atom. The first-order valence-corrected chi connectivity index (χ1v) is 5.98. The minimum atomic E-state index is 0.373. The average Bonchev–Trinajstić information content (AvgIpc) is 2.85. The molecule has 0 fully saturated rings. The molecule has 1 aromatic carbocycles. The molecule has 0 saturated carbocycles. The highest BCUT2D eigenvalue weighted by atomic mass is 35.5. The molecule has 0 radical (unpaired) electrons. The highest BCUT2D eigenvalue weighted by molar-refractivity contribution is 6.18. The van der Waals surface area contributed by atoms with E-state index in [1.54, 1.807) is 4.68 Å². The van der Waals surface area contributed by atoms with Gasteiger partial charge in [-0.1, -0.05) is 30.2 Å². The number of alkyl halides is 1. The summed E-state index contributed by atoms with van der Waals surface area (Å²) in [5.41, 5.74) is 0.929. The number of anilines is 1. The van der Waals surface area contributed by atoms with Gasteiger partial charge in [0.25, 0.3) is 0 Å². The van der Waals surface area contributed by atoms with Gasteiger partial charge in [0.2, 0.25) is 5.95 Å². The van der Waals surface area contributed by atoms with Gasteiger partial charge in [-0.05, 0) is 28.5 Å². The molecule has 0 saturated heterocycles. The number of hydrogen-bond donors (Lipinski definition) is 1. The van der Waals surface area contributed by atoms with Gasteiger partial charge in [-0.15, -0.1) is 11.6 Å². The van der Waals surface area contributed by atoms with Crippen molar-refractivity contribution >= 4 is 17.5 Å². The van der Waals surface area contributed by atoms with E-state index in [1.165, 1.54) is 0 Å². The Morgan fingerprint density at radius 3 is 2.82 bits per heavy atom. The summed E-state index contributed by atoms with van der Waals surface area (Å²) in [7, 11) is 0. The summed E-state index contributed by atoms with van der Waals surface area (Å²) in [6, 6.07) is 9.75. The van der Waals surface area contributed by atoms with Crippen LogP contribution in [0.1, 0.15) is 6.92 Å². The second-order valence-corrected chi connectivity index (χ2v) is 4.20. The summed E-state index contributed by atoms with van der Waals surface area (Å²) in [4.78, 5) is 0. The molecule has 1 aromatic heterocycles. The van der Waals surface area contributed by atoms with Crippen molar-refractivity contribution in [3.05, 3.63) is 30.3 Å². The van der Waals surface area contributed by atoms with Crippen LogP contribution in [-0.2, 0) is 0 Å². The van der Waals surface area contributed by atoms with Crippen LogP contribution in [0.5, 0.6) is 0 Å². The monoisotopic (exact) mass is 251 g/mol. The maximum atomic E-state index is 5.75. The molecular weight excluding hydrogens is 238 g/mol. The lowest BCUT2D eigenvalue weighted by Gasteiger charge is -2.09. The Morgan fingerprint density at radius 1 is 1.35 bits per heavy atom. The third-order valence-electron chi connectivity index (χ3n) is 2.34. The first-order chi connectivity index (χ1) is 8.31. The maximum absolute atomic E-state index is 5.75. The smallest absolute Gasteiger partial charge is 0.247 e. The van der Waals surface area contributed by atoms with Gasteiger partial charge in [0, 0.05) is 12.4 Å². The quantitative estimate of drug-likeness (QED) is 0.826. The van der Waals surface area contributed by atoms with Crippen LogP contribution in [0.15, 0.2) is 30.3 Å². The number of halogens is 1. The van der Waals surface area contributed by atoms with Crippen molar-refractivity contribution in [1.82, 2.24) is 20.2 Å². The molecule has 1 atom stereocenters. The third kappa shape index (κ3) is 2.94. The van der Waals surface area contributed by atoms with Crippen LogP contribution in [0.25, 0.3) is 5.69 Å². The zero-order valence-corrected chi connectivity index (χ0v) is 10.3. The second kappa shape index (κ2) is 5.63. The van der Waals surface area contributed by atoms with E-state index in [0.717, 1.165) is 12.2 Å². The van der Waals surface area contributed by atoms with Crippen LogP contribution in [0, 0.1) is 5.92 Å². The van der Waals surface area contributed by atoms with Gasteiger partial charge in [-0.2, -0.15) is 4.68 Å². The number of hydrogen-bond acceptors (Lipinski definition) is 4. The summed E-state index contributed by atoms with van der Waals surface area (Å²) in [5, 5.41) is 14.8. The molecule has 6 heteroatoms. The normalized spacial score (nSPS) is 12.4. The zero-order chi connectivity index (χ0) is 12.1. The number of benzene rings is 1. The molecule has 17 heavy (non-hydrogen) atoms. The van der Waals surface area contributed by atoms with Crippen LogP contribution in [0.2, 0.25) is 0 Å². The molecule has 0 aliphatic heterocycles. The molecule has 2 aromatic rings. The molecule has 5 nitrogen and oxygen atoms in total. The van der Waals surface area contributed by atoms with E-state index in [-0.39, 0.29) is 0 Å². The molecule has 90 valence electrons. The maximum Gasteiger partial charge on any atom is 0.247 e. The Bertz CT molecular complexity index is 456. The summed E-state index contributed by atoms with van der Waals surface area (Å²) in [6.07, 6.45) is 0. The lowest BCUT2D eigenvalue weighted by atomic mass is 10.2. The summed E-state index contributed by atoms with van der Waals surface area (Å²) in [5.74, 6) is 1.62. The van der Waals surface area contributed by atoms with E-state index >= 15 is 0 Å². The van der Waals surface area contributed by atoms with Crippen LogP contribution >= 0.6 is 11.6 Å². The lowest BCUT2D eigenvalue weighted by molar-refractivity contribution is 0.688. The van der Waals surface area contributed by atoms with E-state index in [4.69, 9.17) is 11.6 Å². The Hall–Kier alpha value is -1.62.